The zero-order valence-electron chi connectivity index (χ0n) is 13.5. The second-order valence-electron chi connectivity index (χ2n) is 5.74. The molecule has 1 aliphatic rings. The molecule has 1 aromatic rings. The number of likely N-dealkylation sites (tertiary alicyclic amines) is 1. The highest BCUT2D eigenvalue weighted by Gasteiger charge is 2.29. The fraction of sp³-hybridized carbons (Fsp3) is 0.500. The molecule has 1 fully saturated rings. The summed E-state index contributed by atoms with van der Waals surface area (Å²) in [6.45, 7) is 7.62. The molecule has 1 aromatic carbocycles. The molecular weight excluding hydrogens is 272 g/mol. The molecule has 22 heavy (non-hydrogen) atoms. The summed E-state index contributed by atoms with van der Waals surface area (Å²) in [4.78, 5) is 6.88. The van der Waals surface area contributed by atoms with E-state index in [1.165, 1.54) is 5.56 Å². The van der Waals surface area contributed by atoms with E-state index >= 15 is 0 Å². The van der Waals surface area contributed by atoms with E-state index < -0.39 is 0 Å². The number of hydrogen-bond acceptors (Lipinski definition) is 2. The molecule has 1 aliphatic heterocycles. The summed E-state index contributed by atoms with van der Waals surface area (Å²) in [5, 5.41) is 6.75. The van der Waals surface area contributed by atoms with Gasteiger partial charge in [-0.3, -0.25) is 4.90 Å². The summed E-state index contributed by atoms with van der Waals surface area (Å²) >= 11 is 0. The molecule has 2 N–H and O–H groups in total. The Morgan fingerprint density at radius 2 is 2.18 bits per heavy atom. The SMILES string of the molecule is C#CCN=C(NCC)NC1CC(C)N(Cc2ccccc2)C1. The summed E-state index contributed by atoms with van der Waals surface area (Å²) in [7, 11) is 0. The molecule has 1 heterocycles. The monoisotopic (exact) mass is 298 g/mol. The fourth-order valence-corrected chi connectivity index (χ4v) is 2.88. The molecule has 2 atom stereocenters. The van der Waals surface area contributed by atoms with Gasteiger partial charge in [-0.1, -0.05) is 36.3 Å². The Morgan fingerprint density at radius 3 is 2.86 bits per heavy atom. The topological polar surface area (TPSA) is 39.7 Å². The van der Waals surface area contributed by atoms with Gasteiger partial charge in [0.25, 0.3) is 0 Å². The standard InChI is InChI=1S/C18H26N4/c1-4-11-20-18(19-5-2)21-17-12-15(3)22(14-17)13-16-9-7-6-8-10-16/h1,6-10,15,17H,5,11-14H2,2-3H3,(H2,19,20,21). The van der Waals surface area contributed by atoms with Crippen LogP contribution < -0.4 is 10.6 Å². The number of nitrogens with one attached hydrogen (secondary N) is 2. The third-order valence-electron chi connectivity index (χ3n) is 3.95. The minimum atomic E-state index is 0.408. The van der Waals surface area contributed by atoms with Crippen LogP contribution in [0.25, 0.3) is 0 Å². The molecule has 0 spiro atoms. The van der Waals surface area contributed by atoms with Gasteiger partial charge in [-0.15, -0.1) is 6.42 Å². The van der Waals surface area contributed by atoms with Crippen molar-refractivity contribution in [3.05, 3.63) is 35.9 Å². The van der Waals surface area contributed by atoms with E-state index in [1.807, 2.05) is 0 Å². The van der Waals surface area contributed by atoms with Gasteiger partial charge >= 0.3 is 0 Å². The molecule has 0 amide bonds. The summed E-state index contributed by atoms with van der Waals surface area (Å²) in [5.74, 6) is 3.37. The number of nitrogens with zero attached hydrogens (tertiary/aromatic N) is 2. The zero-order valence-corrected chi connectivity index (χ0v) is 13.5. The Hall–Kier alpha value is -1.99. The minimum Gasteiger partial charge on any atom is -0.357 e. The smallest absolute Gasteiger partial charge is 0.192 e. The van der Waals surface area contributed by atoms with Crippen LogP contribution in [0.4, 0.5) is 0 Å². The lowest BCUT2D eigenvalue weighted by Gasteiger charge is -2.21. The van der Waals surface area contributed by atoms with Crippen LogP contribution >= 0.6 is 0 Å². The van der Waals surface area contributed by atoms with Crippen molar-refractivity contribution in [3.63, 3.8) is 0 Å². The van der Waals surface area contributed by atoms with Crippen molar-refractivity contribution in [1.29, 1.82) is 0 Å². The Morgan fingerprint density at radius 1 is 1.41 bits per heavy atom. The third-order valence-corrected chi connectivity index (χ3v) is 3.95. The van der Waals surface area contributed by atoms with Crippen LogP contribution in [0, 0.1) is 12.3 Å². The first-order valence-corrected chi connectivity index (χ1v) is 7.99. The van der Waals surface area contributed by atoms with E-state index in [0.717, 1.165) is 32.0 Å². The number of hydrogen-bond donors (Lipinski definition) is 2. The van der Waals surface area contributed by atoms with Crippen LogP contribution in [0.15, 0.2) is 35.3 Å². The molecule has 4 heteroatoms. The molecule has 0 bridgehead atoms. The molecule has 0 aliphatic carbocycles. The Labute approximate surface area is 134 Å². The highest BCUT2D eigenvalue weighted by atomic mass is 15.3. The quantitative estimate of drug-likeness (QED) is 0.495. The summed E-state index contributed by atoms with van der Waals surface area (Å²) in [6, 6.07) is 11.6. The van der Waals surface area contributed by atoms with Crippen molar-refractivity contribution < 1.29 is 0 Å². The molecule has 1 saturated heterocycles. The normalized spacial score (nSPS) is 22.3. The predicted octanol–water partition coefficient (Wildman–Crippen LogP) is 1.84. The van der Waals surface area contributed by atoms with Crippen molar-refractivity contribution in [2.24, 2.45) is 4.99 Å². The molecule has 2 rings (SSSR count). The number of aliphatic imine (C=N–C) groups is 1. The Balaban J connectivity index is 1.91. The first kappa shape index (κ1) is 16.4. The number of benzene rings is 1. The van der Waals surface area contributed by atoms with Gasteiger partial charge in [0.2, 0.25) is 0 Å². The van der Waals surface area contributed by atoms with Crippen LogP contribution in [0.1, 0.15) is 25.8 Å². The van der Waals surface area contributed by atoms with Crippen molar-refractivity contribution >= 4 is 5.96 Å². The average molecular weight is 298 g/mol. The lowest BCUT2D eigenvalue weighted by molar-refractivity contribution is 0.258. The van der Waals surface area contributed by atoms with Gasteiger partial charge in [-0.2, -0.15) is 0 Å². The lowest BCUT2D eigenvalue weighted by Crippen LogP contribution is -2.44. The van der Waals surface area contributed by atoms with Gasteiger partial charge in [-0.05, 0) is 25.8 Å². The van der Waals surface area contributed by atoms with Crippen LogP contribution in [0.3, 0.4) is 0 Å². The second kappa shape index (κ2) is 8.45. The van der Waals surface area contributed by atoms with Gasteiger partial charge in [0, 0.05) is 31.7 Å². The highest BCUT2D eigenvalue weighted by Crippen LogP contribution is 2.20. The first-order chi connectivity index (χ1) is 10.7. The highest BCUT2D eigenvalue weighted by molar-refractivity contribution is 5.80. The van der Waals surface area contributed by atoms with Crippen LogP contribution in [-0.2, 0) is 6.54 Å². The van der Waals surface area contributed by atoms with Gasteiger partial charge in [0.05, 0.1) is 0 Å². The van der Waals surface area contributed by atoms with E-state index in [0.29, 0.717) is 18.6 Å². The molecule has 0 radical (unpaired) electrons. The van der Waals surface area contributed by atoms with Crippen LogP contribution in [-0.4, -0.2) is 42.6 Å². The van der Waals surface area contributed by atoms with Crippen molar-refractivity contribution in [2.75, 3.05) is 19.6 Å². The van der Waals surface area contributed by atoms with E-state index in [2.05, 4.69) is 70.6 Å². The van der Waals surface area contributed by atoms with Crippen LogP contribution in [0.2, 0.25) is 0 Å². The van der Waals surface area contributed by atoms with E-state index in [4.69, 9.17) is 6.42 Å². The fourth-order valence-electron chi connectivity index (χ4n) is 2.88. The maximum absolute atomic E-state index is 5.29. The first-order valence-electron chi connectivity index (χ1n) is 7.99. The molecule has 0 aromatic heterocycles. The third kappa shape index (κ3) is 4.78. The zero-order chi connectivity index (χ0) is 15.8. The van der Waals surface area contributed by atoms with Gasteiger partial charge in [0.15, 0.2) is 5.96 Å². The van der Waals surface area contributed by atoms with E-state index in [9.17, 15) is 0 Å². The molecular formula is C18H26N4. The molecule has 0 saturated carbocycles. The minimum absolute atomic E-state index is 0.408. The Kier molecular flexibility index (Phi) is 6.29. The molecule has 2 unspecified atom stereocenters. The second-order valence-corrected chi connectivity index (χ2v) is 5.74. The number of guanidine groups is 1. The lowest BCUT2D eigenvalue weighted by atomic mass is 10.2. The van der Waals surface area contributed by atoms with E-state index in [1.54, 1.807) is 0 Å². The summed E-state index contributed by atoms with van der Waals surface area (Å²) < 4.78 is 0. The molecule has 4 nitrogen and oxygen atoms in total. The van der Waals surface area contributed by atoms with Crippen molar-refractivity contribution in [1.82, 2.24) is 15.5 Å². The van der Waals surface area contributed by atoms with Gasteiger partial charge < -0.3 is 10.6 Å². The van der Waals surface area contributed by atoms with Crippen molar-refractivity contribution in [2.45, 2.75) is 38.9 Å². The maximum atomic E-state index is 5.29. The van der Waals surface area contributed by atoms with Crippen molar-refractivity contribution in [3.8, 4) is 12.3 Å². The number of rotatable bonds is 5. The largest absolute Gasteiger partial charge is 0.357 e. The Bertz CT molecular complexity index is 518. The molecule has 118 valence electrons. The van der Waals surface area contributed by atoms with Gasteiger partial charge in [0.1, 0.15) is 6.54 Å². The average Bonchev–Trinajstić information content (AvgIpc) is 2.86. The number of terminal acetylenes is 1. The predicted molar refractivity (Wildman–Crippen MR) is 92.7 cm³/mol. The van der Waals surface area contributed by atoms with E-state index in [-0.39, 0.29) is 0 Å². The summed E-state index contributed by atoms with van der Waals surface area (Å²) in [6.07, 6.45) is 6.41. The maximum Gasteiger partial charge on any atom is 0.192 e. The van der Waals surface area contributed by atoms with Gasteiger partial charge in [-0.25, -0.2) is 4.99 Å². The van der Waals surface area contributed by atoms with Crippen LogP contribution in [0.5, 0.6) is 0 Å². The summed E-state index contributed by atoms with van der Waals surface area (Å²) in [5.41, 5.74) is 1.36.